The molecule has 7 heteroatoms. The third-order valence-electron chi connectivity index (χ3n) is 3.94. The highest BCUT2D eigenvalue weighted by molar-refractivity contribution is 5.96. The highest BCUT2D eigenvalue weighted by Crippen LogP contribution is 2.26. The Morgan fingerprint density at radius 3 is 2.64 bits per heavy atom. The van der Waals surface area contributed by atoms with Crippen LogP contribution in [0.2, 0.25) is 0 Å². The number of aliphatic hydroxyl groups is 1. The monoisotopic (exact) mass is 337 g/mol. The number of carboxylic acid groups (broad SMARTS) is 1. The molecule has 2 aromatic heterocycles. The first-order valence-electron chi connectivity index (χ1n) is 7.36. The van der Waals surface area contributed by atoms with Gasteiger partial charge >= 0.3 is 5.97 Å². The average Bonchev–Trinajstić information content (AvgIpc) is 3.15. The molecular formula is C18H11NO6. The van der Waals surface area contributed by atoms with Gasteiger partial charge in [0, 0.05) is 0 Å². The van der Waals surface area contributed by atoms with Gasteiger partial charge in [0.05, 0.1) is 22.5 Å². The zero-order valence-electron chi connectivity index (χ0n) is 12.7. The fourth-order valence-corrected chi connectivity index (χ4v) is 2.69. The summed E-state index contributed by atoms with van der Waals surface area (Å²) >= 11 is 0. The van der Waals surface area contributed by atoms with Crippen molar-refractivity contribution in [2.45, 2.75) is 6.10 Å². The molecule has 124 valence electrons. The molecule has 0 radical (unpaired) electrons. The van der Waals surface area contributed by atoms with Crippen LogP contribution in [0.25, 0.3) is 21.9 Å². The van der Waals surface area contributed by atoms with Gasteiger partial charge in [0.25, 0.3) is 0 Å². The van der Waals surface area contributed by atoms with Gasteiger partial charge < -0.3 is 19.0 Å². The standard InChI is InChI=1S/C18H11NO6/c20-15(17-19-5-6-24-17)9-1-3-11-14(8-9)25-13-4-2-10(18(22)23)7-12(13)16(11)21/h1-8,15,20H,(H,22,23). The quantitative estimate of drug-likeness (QED) is 0.552. The Bertz CT molecular complexity index is 1160. The van der Waals surface area contributed by atoms with Crippen molar-refractivity contribution in [2.75, 3.05) is 0 Å². The average molecular weight is 337 g/mol. The van der Waals surface area contributed by atoms with Crippen molar-refractivity contribution in [1.29, 1.82) is 0 Å². The van der Waals surface area contributed by atoms with E-state index in [1.165, 1.54) is 42.8 Å². The van der Waals surface area contributed by atoms with E-state index in [1.807, 2.05) is 0 Å². The van der Waals surface area contributed by atoms with Crippen LogP contribution in [0.15, 0.2) is 62.5 Å². The predicted octanol–water partition coefficient (Wildman–Crippen LogP) is 2.71. The lowest BCUT2D eigenvalue weighted by molar-refractivity contribution is 0.0697. The Hall–Kier alpha value is -3.45. The Kier molecular flexibility index (Phi) is 3.36. The number of aromatic carboxylic acids is 1. The Morgan fingerprint density at radius 2 is 1.92 bits per heavy atom. The van der Waals surface area contributed by atoms with Crippen molar-refractivity contribution in [1.82, 2.24) is 4.98 Å². The SMILES string of the molecule is O=C(O)c1ccc2oc3cc(C(O)c4ncco4)ccc3c(=O)c2c1. The molecule has 2 aromatic carbocycles. The minimum Gasteiger partial charge on any atom is -0.478 e. The van der Waals surface area contributed by atoms with E-state index < -0.39 is 12.1 Å². The predicted molar refractivity (Wildman–Crippen MR) is 87.5 cm³/mol. The number of rotatable bonds is 3. The molecule has 1 atom stereocenters. The minimum absolute atomic E-state index is 0.00934. The van der Waals surface area contributed by atoms with Crippen molar-refractivity contribution in [3.63, 3.8) is 0 Å². The normalized spacial score (nSPS) is 12.5. The smallest absolute Gasteiger partial charge is 0.335 e. The van der Waals surface area contributed by atoms with Crippen LogP contribution < -0.4 is 5.43 Å². The summed E-state index contributed by atoms with van der Waals surface area (Å²) in [5.41, 5.74) is 0.681. The number of oxazole rings is 1. The summed E-state index contributed by atoms with van der Waals surface area (Å²) in [6, 6.07) is 8.73. The van der Waals surface area contributed by atoms with Crippen LogP contribution in [0.3, 0.4) is 0 Å². The van der Waals surface area contributed by atoms with Crippen LogP contribution in [-0.2, 0) is 0 Å². The van der Waals surface area contributed by atoms with Gasteiger partial charge in [0.15, 0.2) is 6.10 Å². The summed E-state index contributed by atoms with van der Waals surface area (Å²) in [6.45, 7) is 0. The zero-order chi connectivity index (χ0) is 17.6. The number of benzene rings is 2. The highest BCUT2D eigenvalue weighted by atomic mass is 16.4. The van der Waals surface area contributed by atoms with Crippen LogP contribution >= 0.6 is 0 Å². The first kappa shape index (κ1) is 15.1. The summed E-state index contributed by atoms with van der Waals surface area (Å²) in [7, 11) is 0. The largest absolute Gasteiger partial charge is 0.478 e. The van der Waals surface area contributed by atoms with Crippen LogP contribution in [0.4, 0.5) is 0 Å². The van der Waals surface area contributed by atoms with Crippen molar-refractivity contribution < 1.29 is 23.8 Å². The fourth-order valence-electron chi connectivity index (χ4n) is 2.69. The number of hydrogen-bond acceptors (Lipinski definition) is 6. The molecular weight excluding hydrogens is 326 g/mol. The van der Waals surface area contributed by atoms with E-state index in [4.69, 9.17) is 13.9 Å². The van der Waals surface area contributed by atoms with E-state index in [1.54, 1.807) is 6.07 Å². The molecule has 4 rings (SSSR count). The Balaban J connectivity index is 1.91. The third-order valence-corrected chi connectivity index (χ3v) is 3.94. The van der Waals surface area contributed by atoms with Crippen LogP contribution in [-0.4, -0.2) is 21.2 Å². The molecule has 0 aliphatic heterocycles. The Labute approximate surface area is 139 Å². The molecule has 7 nitrogen and oxygen atoms in total. The van der Waals surface area contributed by atoms with Gasteiger partial charge in [0.1, 0.15) is 17.4 Å². The maximum Gasteiger partial charge on any atom is 0.335 e. The molecule has 0 spiro atoms. The van der Waals surface area contributed by atoms with Gasteiger partial charge in [-0.15, -0.1) is 0 Å². The van der Waals surface area contributed by atoms with E-state index in [0.717, 1.165) is 0 Å². The molecule has 0 saturated heterocycles. The maximum atomic E-state index is 12.6. The van der Waals surface area contributed by atoms with Gasteiger partial charge in [-0.2, -0.15) is 0 Å². The van der Waals surface area contributed by atoms with E-state index in [0.29, 0.717) is 10.9 Å². The lowest BCUT2D eigenvalue weighted by Crippen LogP contribution is -2.06. The van der Waals surface area contributed by atoms with Crippen molar-refractivity contribution in [3.05, 3.63) is 76.1 Å². The fraction of sp³-hybridized carbons (Fsp3) is 0.0556. The van der Waals surface area contributed by atoms with E-state index in [9.17, 15) is 14.7 Å². The molecule has 0 aliphatic rings. The third kappa shape index (κ3) is 2.47. The van der Waals surface area contributed by atoms with Crippen LogP contribution in [0, 0.1) is 0 Å². The number of fused-ring (bicyclic) bond motifs is 2. The first-order chi connectivity index (χ1) is 12.0. The molecule has 0 amide bonds. The molecule has 2 N–H and O–H groups in total. The lowest BCUT2D eigenvalue weighted by Gasteiger charge is -2.08. The van der Waals surface area contributed by atoms with Gasteiger partial charge in [-0.1, -0.05) is 6.07 Å². The lowest BCUT2D eigenvalue weighted by atomic mass is 10.0. The number of carbonyl (C=O) groups is 1. The van der Waals surface area contributed by atoms with Crippen LogP contribution in [0.5, 0.6) is 0 Å². The second kappa shape index (κ2) is 5.57. The second-order valence-electron chi connectivity index (χ2n) is 5.48. The van der Waals surface area contributed by atoms with E-state index >= 15 is 0 Å². The molecule has 0 bridgehead atoms. The topological polar surface area (TPSA) is 114 Å². The van der Waals surface area contributed by atoms with Gasteiger partial charge in [-0.25, -0.2) is 9.78 Å². The summed E-state index contributed by atoms with van der Waals surface area (Å²) in [5, 5.41) is 19.8. The molecule has 0 aliphatic carbocycles. The van der Waals surface area contributed by atoms with Gasteiger partial charge in [-0.3, -0.25) is 4.79 Å². The minimum atomic E-state index is -1.12. The summed E-state index contributed by atoms with van der Waals surface area (Å²) in [6.07, 6.45) is 1.69. The molecule has 1 unspecified atom stereocenters. The summed E-state index contributed by atoms with van der Waals surface area (Å²) in [5.74, 6) is -0.987. The summed E-state index contributed by atoms with van der Waals surface area (Å²) in [4.78, 5) is 27.6. The van der Waals surface area contributed by atoms with Gasteiger partial charge in [-0.05, 0) is 35.9 Å². The van der Waals surface area contributed by atoms with Crippen molar-refractivity contribution >= 4 is 27.9 Å². The number of aliphatic hydroxyl groups excluding tert-OH is 1. The van der Waals surface area contributed by atoms with Crippen LogP contribution in [0.1, 0.15) is 27.9 Å². The number of nitrogens with zero attached hydrogens (tertiary/aromatic N) is 1. The van der Waals surface area contributed by atoms with Gasteiger partial charge in [0.2, 0.25) is 11.3 Å². The molecule has 25 heavy (non-hydrogen) atoms. The zero-order valence-corrected chi connectivity index (χ0v) is 12.7. The Morgan fingerprint density at radius 1 is 1.08 bits per heavy atom. The first-order valence-corrected chi connectivity index (χ1v) is 7.36. The second-order valence-corrected chi connectivity index (χ2v) is 5.48. The molecule has 0 saturated carbocycles. The molecule has 2 heterocycles. The summed E-state index contributed by atoms with van der Waals surface area (Å²) < 4.78 is 10.8. The molecule has 0 fully saturated rings. The molecule has 4 aromatic rings. The van der Waals surface area contributed by atoms with E-state index in [-0.39, 0.29) is 33.4 Å². The highest BCUT2D eigenvalue weighted by Gasteiger charge is 2.17. The maximum absolute atomic E-state index is 12.6. The van der Waals surface area contributed by atoms with Crippen molar-refractivity contribution in [3.8, 4) is 0 Å². The van der Waals surface area contributed by atoms with Crippen molar-refractivity contribution in [2.24, 2.45) is 0 Å². The number of carboxylic acids is 1. The van der Waals surface area contributed by atoms with E-state index in [2.05, 4.69) is 4.98 Å². The number of hydrogen-bond donors (Lipinski definition) is 2. The number of aromatic nitrogens is 1.